The SMILES string of the molecule is CCC(=O)NCC(=O)NCCCOc1ccc(Cl)cc1Cl. The Morgan fingerprint density at radius 1 is 1.19 bits per heavy atom. The predicted molar refractivity (Wildman–Crippen MR) is 82.9 cm³/mol. The van der Waals surface area contributed by atoms with E-state index >= 15 is 0 Å². The molecular weight excluding hydrogens is 315 g/mol. The summed E-state index contributed by atoms with van der Waals surface area (Å²) in [7, 11) is 0. The molecule has 0 spiro atoms. The zero-order valence-electron chi connectivity index (χ0n) is 11.7. The quantitative estimate of drug-likeness (QED) is 0.718. The Bertz CT molecular complexity index is 495. The van der Waals surface area contributed by atoms with Gasteiger partial charge in [0.25, 0.3) is 0 Å². The van der Waals surface area contributed by atoms with E-state index in [4.69, 9.17) is 27.9 Å². The Morgan fingerprint density at radius 3 is 2.62 bits per heavy atom. The third-order valence-electron chi connectivity index (χ3n) is 2.56. The van der Waals surface area contributed by atoms with Crippen LogP contribution >= 0.6 is 23.2 Å². The third kappa shape index (κ3) is 7.20. The molecule has 1 rings (SSSR count). The molecule has 0 aromatic heterocycles. The van der Waals surface area contributed by atoms with Gasteiger partial charge in [0.1, 0.15) is 5.75 Å². The molecule has 0 saturated heterocycles. The number of ether oxygens (including phenoxy) is 1. The minimum absolute atomic E-state index is 0.00343. The molecule has 7 heteroatoms. The number of hydrogen-bond acceptors (Lipinski definition) is 3. The maximum Gasteiger partial charge on any atom is 0.239 e. The summed E-state index contributed by atoms with van der Waals surface area (Å²) < 4.78 is 5.48. The highest BCUT2D eigenvalue weighted by atomic mass is 35.5. The van der Waals surface area contributed by atoms with E-state index in [9.17, 15) is 9.59 Å². The van der Waals surface area contributed by atoms with Gasteiger partial charge >= 0.3 is 0 Å². The molecule has 0 aliphatic heterocycles. The summed E-state index contributed by atoms with van der Waals surface area (Å²) >= 11 is 11.7. The molecule has 0 heterocycles. The Hall–Kier alpha value is -1.46. The van der Waals surface area contributed by atoms with Gasteiger partial charge in [0.05, 0.1) is 18.2 Å². The Balaban J connectivity index is 2.14. The maximum atomic E-state index is 11.4. The molecule has 2 amide bonds. The van der Waals surface area contributed by atoms with E-state index in [1.54, 1.807) is 25.1 Å². The van der Waals surface area contributed by atoms with Crippen molar-refractivity contribution in [2.24, 2.45) is 0 Å². The summed E-state index contributed by atoms with van der Waals surface area (Å²) in [6, 6.07) is 5.00. The largest absolute Gasteiger partial charge is 0.492 e. The second-order valence-electron chi connectivity index (χ2n) is 4.26. The molecule has 0 saturated carbocycles. The van der Waals surface area contributed by atoms with Crippen LogP contribution in [-0.2, 0) is 9.59 Å². The van der Waals surface area contributed by atoms with Crippen molar-refractivity contribution in [3.63, 3.8) is 0 Å². The van der Waals surface area contributed by atoms with Gasteiger partial charge in [-0.25, -0.2) is 0 Å². The lowest BCUT2D eigenvalue weighted by Gasteiger charge is -2.09. The molecular formula is C14H18Cl2N2O3. The fraction of sp³-hybridized carbons (Fsp3) is 0.429. The fourth-order valence-corrected chi connectivity index (χ4v) is 1.90. The van der Waals surface area contributed by atoms with Crippen LogP contribution in [0.1, 0.15) is 19.8 Å². The van der Waals surface area contributed by atoms with E-state index in [2.05, 4.69) is 10.6 Å². The Labute approximate surface area is 133 Å². The van der Waals surface area contributed by atoms with Gasteiger partial charge in [0.15, 0.2) is 0 Å². The van der Waals surface area contributed by atoms with Gasteiger partial charge in [-0.2, -0.15) is 0 Å². The van der Waals surface area contributed by atoms with Crippen molar-refractivity contribution in [2.45, 2.75) is 19.8 Å². The lowest BCUT2D eigenvalue weighted by atomic mass is 10.3. The van der Waals surface area contributed by atoms with Crippen molar-refractivity contribution < 1.29 is 14.3 Å². The summed E-state index contributed by atoms with van der Waals surface area (Å²) in [6.07, 6.45) is 0.995. The standard InChI is InChI=1S/C14H18Cl2N2O3/c1-2-13(19)18-9-14(20)17-6-3-7-21-12-5-4-10(15)8-11(12)16/h4-5,8H,2-3,6-7,9H2,1H3,(H,17,20)(H,18,19). The van der Waals surface area contributed by atoms with E-state index in [-0.39, 0.29) is 18.4 Å². The van der Waals surface area contributed by atoms with Crippen LogP contribution in [0.4, 0.5) is 0 Å². The Morgan fingerprint density at radius 2 is 1.95 bits per heavy atom. The number of amides is 2. The van der Waals surface area contributed by atoms with Crippen molar-refractivity contribution in [1.82, 2.24) is 10.6 Å². The molecule has 0 atom stereocenters. The highest BCUT2D eigenvalue weighted by Gasteiger charge is 2.04. The van der Waals surface area contributed by atoms with Crippen molar-refractivity contribution in [2.75, 3.05) is 19.7 Å². The molecule has 0 unspecified atom stereocenters. The average molecular weight is 333 g/mol. The van der Waals surface area contributed by atoms with Crippen molar-refractivity contribution in [3.8, 4) is 5.75 Å². The van der Waals surface area contributed by atoms with Crippen LogP contribution in [0.3, 0.4) is 0 Å². The number of rotatable bonds is 8. The second kappa shape index (κ2) is 9.47. The molecule has 1 aromatic carbocycles. The molecule has 0 aliphatic rings. The first-order chi connectivity index (χ1) is 10.0. The van der Waals surface area contributed by atoms with Crippen molar-refractivity contribution >= 4 is 35.0 Å². The zero-order chi connectivity index (χ0) is 15.7. The van der Waals surface area contributed by atoms with Crippen LogP contribution < -0.4 is 15.4 Å². The predicted octanol–water partition coefficient (Wildman–Crippen LogP) is 2.40. The van der Waals surface area contributed by atoms with Gasteiger partial charge in [-0.1, -0.05) is 30.1 Å². The number of carbonyl (C=O) groups is 2. The lowest BCUT2D eigenvalue weighted by molar-refractivity contribution is -0.125. The number of nitrogens with one attached hydrogen (secondary N) is 2. The highest BCUT2D eigenvalue weighted by Crippen LogP contribution is 2.27. The molecule has 0 bridgehead atoms. The van der Waals surface area contributed by atoms with Gasteiger partial charge in [-0.3, -0.25) is 9.59 Å². The normalized spacial score (nSPS) is 10.0. The van der Waals surface area contributed by atoms with Gasteiger partial charge in [-0.05, 0) is 24.6 Å². The van der Waals surface area contributed by atoms with Crippen LogP contribution in [0.2, 0.25) is 10.0 Å². The molecule has 0 radical (unpaired) electrons. The monoisotopic (exact) mass is 332 g/mol. The minimum Gasteiger partial charge on any atom is -0.492 e. The number of hydrogen-bond donors (Lipinski definition) is 2. The summed E-state index contributed by atoms with van der Waals surface area (Å²) in [5, 5.41) is 6.19. The topological polar surface area (TPSA) is 67.4 Å². The van der Waals surface area contributed by atoms with Gasteiger partial charge in [0, 0.05) is 18.0 Å². The summed E-state index contributed by atoms with van der Waals surface area (Å²) in [5.41, 5.74) is 0. The molecule has 0 fully saturated rings. The smallest absolute Gasteiger partial charge is 0.239 e. The first-order valence-electron chi connectivity index (χ1n) is 6.64. The second-order valence-corrected chi connectivity index (χ2v) is 5.10. The van der Waals surface area contributed by atoms with E-state index in [0.717, 1.165) is 0 Å². The van der Waals surface area contributed by atoms with Gasteiger partial charge < -0.3 is 15.4 Å². The number of benzene rings is 1. The van der Waals surface area contributed by atoms with Crippen LogP contribution in [0.25, 0.3) is 0 Å². The van der Waals surface area contributed by atoms with Gasteiger partial charge in [0.2, 0.25) is 11.8 Å². The summed E-state index contributed by atoms with van der Waals surface area (Å²) in [4.78, 5) is 22.4. The van der Waals surface area contributed by atoms with Crippen LogP contribution in [0.5, 0.6) is 5.75 Å². The van der Waals surface area contributed by atoms with Crippen LogP contribution in [0, 0.1) is 0 Å². The lowest BCUT2D eigenvalue weighted by Crippen LogP contribution is -2.37. The van der Waals surface area contributed by atoms with Crippen LogP contribution in [-0.4, -0.2) is 31.5 Å². The number of carbonyl (C=O) groups excluding carboxylic acids is 2. The molecule has 5 nitrogen and oxygen atoms in total. The van der Waals surface area contributed by atoms with E-state index in [1.807, 2.05) is 0 Å². The summed E-state index contributed by atoms with van der Waals surface area (Å²) in [5.74, 6) is 0.190. The third-order valence-corrected chi connectivity index (χ3v) is 3.09. The van der Waals surface area contributed by atoms with E-state index in [1.165, 1.54) is 0 Å². The van der Waals surface area contributed by atoms with Crippen molar-refractivity contribution in [1.29, 1.82) is 0 Å². The first kappa shape index (κ1) is 17.6. The van der Waals surface area contributed by atoms with Crippen LogP contribution in [0.15, 0.2) is 18.2 Å². The maximum absolute atomic E-state index is 11.4. The highest BCUT2D eigenvalue weighted by molar-refractivity contribution is 6.35. The molecule has 21 heavy (non-hydrogen) atoms. The molecule has 0 aliphatic carbocycles. The molecule has 2 N–H and O–H groups in total. The molecule has 116 valence electrons. The van der Waals surface area contributed by atoms with Crippen molar-refractivity contribution in [3.05, 3.63) is 28.2 Å². The number of halogens is 2. The Kier molecular flexibility index (Phi) is 7.93. The first-order valence-corrected chi connectivity index (χ1v) is 7.39. The zero-order valence-corrected chi connectivity index (χ0v) is 13.3. The minimum atomic E-state index is -0.221. The average Bonchev–Trinajstić information content (AvgIpc) is 2.46. The fourth-order valence-electron chi connectivity index (χ4n) is 1.44. The van der Waals surface area contributed by atoms with E-state index in [0.29, 0.717) is 41.8 Å². The van der Waals surface area contributed by atoms with E-state index < -0.39 is 0 Å². The molecule has 1 aromatic rings. The summed E-state index contributed by atoms with van der Waals surface area (Å²) in [6.45, 7) is 2.61. The van der Waals surface area contributed by atoms with Gasteiger partial charge in [-0.15, -0.1) is 0 Å².